The van der Waals surface area contributed by atoms with Crippen molar-refractivity contribution in [2.45, 2.75) is 59.5 Å². The molecule has 2 atom stereocenters. The number of amides is 1. The lowest BCUT2D eigenvalue weighted by molar-refractivity contribution is -0.122. The van der Waals surface area contributed by atoms with Crippen LogP contribution in [0.4, 0.5) is 5.69 Å². The van der Waals surface area contributed by atoms with Gasteiger partial charge in [-0.25, -0.2) is 8.42 Å². The molecule has 0 saturated heterocycles. The Balaban J connectivity index is 2.35. The molecule has 0 aliphatic rings. The molecule has 0 aromatic heterocycles. The minimum absolute atomic E-state index is 0.248. The van der Waals surface area contributed by atoms with E-state index >= 15 is 0 Å². The van der Waals surface area contributed by atoms with Crippen LogP contribution in [0.3, 0.4) is 0 Å². The first kappa shape index (κ1) is 26.0. The number of aryl methyl sites for hydroxylation is 2. The number of halogens is 1. The normalized spacial score (nSPS) is 13.6. The summed E-state index contributed by atoms with van der Waals surface area (Å²) in [6.45, 7) is 11.4. The summed E-state index contributed by atoms with van der Waals surface area (Å²) in [7, 11) is -2.09. The van der Waals surface area contributed by atoms with Gasteiger partial charge in [0.1, 0.15) is 11.8 Å². The Bertz CT molecular complexity index is 1100. The van der Waals surface area contributed by atoms with E-state index in [0.717, 1.165) is 38.6 Å². The summed E-state index contributed by atoms with van der Waals surface area (Å²) < 4.78 is 31.7. The third-order valence-electron chi connectivity index (χ3n) is 5.56. The fraction of sp³-hybridized carbons (Fsp3) is 0.458. The molecule has 0 saturated carbocycles. The molecule has 2 aromatic carbocycles. The first-order valence-corrected chi connectivity index (χ1v) is 12.7. The monoisotopic (exact) mass is 480 g/mol. The molecule has 2 aromatic rings. The van der Waals surface area contributed by atoms with Gasteiger partial charge in [0.25, 0.3) is 0 Å². The van der Waals surface area contributed by atoms with E-state index in [2.05, 4.69) is 19.2 Å². The molecule has 0 spiro atoms. The Morgan fingerprint density at radius 2 is 1.66 bits per heavy atom. The fourth-order valence-electron chi connectivity index (χ4n) is 3.75. The summed E-state index contributed by atoms with van der Waals surface area (Å²) >= 11 is 6.21. The predicted octanol–water partition coefficient (Wildman–Crippen LogP) is 5.12. The molecule has 0 unspecified atom stereocenters. The third-order valence-corrected chi connectivity index (χ3v) is 7.21. The number of methoxy groups -OCH3 is 1. The number of nitrogens with zero attached hydrogens (tertiary/aromatic N) is 1. The number of hydrogen-bond donors (Lipinski definition) is 1. The van der Waals surface area contributed by atoms with Crippen LogP contribution in [0.1, 0.15) is 61.9 Å². The SMILES string of the molecule is COc1cc(C)c([C@@H](C)NC(=O)[C@@H](C)N(c2ccc(C)c(Cl)c2)S(C)(=O)=O)cc1C(C)C. The Labute approximate surface area is 197 Å². The van der Waals surface area contributed by atoms with E-state index in [-0.39, 0.29) is 12.0 Å². The van der Waals surface area contributed by atoms with Crippen molar-refractivity contribution in [2.75, 3.05) is 17.7 Å². The highest BCUT2D eigenvalue weighted by molar-refractivity contribution is 7.92. The van der Waals surface area contributed by atoms with E-state index in [1.807, 2.05) is 32.9 Å². The van der Waals surface area contributed by atoms with Gasteiger partial charge in [0.05, 0.1) is 25.1 Å². The molecule has 0 bridgehead atoms. The van der Waals surface area contributed by atoms with Crippen molar-refractivity contribution < 1.29 is 17.9 Å². The van der Waals surface area contributed by atoms with Gasteiger partial charge in [-0.15, -0.1) is 0 Å². The Hall–Kier alpha value is -2.25. The number of anilines is 1. The molecule has 0 heterocycles. The van der Waals surface area contributed by atoms with Gasteiger partial charge in [-0.1, -0.05) is 31.5 Å². The highest BCUT2D eigenvalue weighted by Crippen LogP contribution is 2.32. The highest BCUT2D eigenvalue weighted by atomic mass is 35.5. The molecule has 1 N–H and O–H groups in total. The van der Waals surface area contributed by atoms with Crippen LogP contribution in [0.15, 0.2) is 30.3 Å². The quantitative estimate of drug-likeness (QED) is 0.568. The van der Waals surface area contributed by atoms with E-state index in [4.69, 9.17) is 16.3 Å². The maximum absolute atomic E-state index is 13.1. The second kappa shape index (κ2) is 10.1. The molecule has 176 valence electrons. The number of carbonyl (C=O) groups excluding carboxylic acids is 1. The van der Waals surface area contributed by atoms with Gasteiger partial charge < -0.3 is 10.1 Å². The van der Waals surface area contributed by atoms with Crippen molar-refractivity contribution in [1.29, 1.82) is 0 Å². The number of rotatable bonds is 8. The minimum Gasteiger partial charge on any atom is -0.496 e. The lowest BCUT2D eigenvalue weighted by atomic mass is 9.93. The lowest BCUT2D eigenvalue weighted by Gasteiger charge is -2.30. The number of benzene rings is 2. The lowest BCUT2D eigenvalue weighted by Crippen LogP contribution is -2.48. The third kappa shape index (κ3) is 5.75. The van der Waals surface area contributed by atoms with Crippen molar-refractivity contribution in [3.8, 4) is 5.75 Å². The maximum atomic E-state index is 13.1. The van der Waals surface area contributed by atoms with Crippen molar-refractivity contribution in [3.63, 3.8) is 0 Å². The zero-order chi connectivity index (χ0) is 24.4. The van der Waals surface area contributed by atoms with Crippen LogP contribution < -0.4 is 14.4 Å². The number of nitrogens with one attached hydrogen (secondary N) is 1. The number of carbonyl (C=O) groups is 1. The van der Waals surface area contributed by atoms with Crippen LogP contribution >= 0.6 is 11.6 Å². The summed E-state index contributed by atoms with van der Waals surface area (Å²) in [5.74, 6) is 0.659. The Morgan fingerprint density at radius 1 is 1.03 bits per heavy atom. The van der Waals surface area contributed by atoms with E-state index in [1.54, 1.807) is 32.2 Å². The molecule has 0 aliphatic heterocycles. The minimum atomic E-state index is -3.73. The van der Waals surface area contributed by atoms with Gasteiger partial charge in [-0.2, -0.15) is 0 Å². The standard InChI is InChI=1S/C24H33ClN2O4S/c1-14(2)20-13-21(16(4)11-23(20)31-7)17(5)26-24(28)18(6)27(32(8,29)30)19-10-9-15(3)22(25)12-19/h9-14,17-18H,1-8H3,(H,26,28)/t17-,18-/m1/s1. The first-order valence-electron chi connectivity index (χ1n) is 10.5. The average Bonchev–Trinajstić information content (AvgIpc) is 2.68. The molecule has 32 heavy (non-hydrogen) atoms. The topological polar surface area (TPSA) is 75.7 Å². The highest BCUT2D eigenvalue weighted by Gasteiger charge is 2.30. The molecule has 1 amide bonds. The maximum Gasteiger partial charge on any atom is 0.244 e. The van der Waals surface area contributed by atoms with Crippen LogP contribution in [-0.2, 0) is 14.8 Å². The molecule has 2 rings (SSSR count). The summed E-state index contributed by atoms with van der Waals surface area (Å²) in [6.07, 6.45) is 1.08. The Morgan fingerprint density at radius 3 is 2.16 bits per heavy atom. The number of ether oxygens (including phenoxy) is 1. The van der Waals surface area contributed by atoms with Gasteiger partial charge in [-0.05, 0) is 80.1 Å². The van der Waals surface area contributed by atoms with Crippen LogP contribution in [-0.4, -0.2) is 33.7 Å². The van der Waals surface area contributed by atoms with E-state index in [9.17, 15) is 13.2 Å². The van der Waals surface area contributed by atoms with Crippen LogP contribution in [0.2, 0.25) is 5.02 Å². The zero-order valence-corrected chi connectivity index (χ0v) is 21.6. The Kier molecular flexibility index (Phi) is 8.23. The van der Waals surface area contributed by atoms with E-state index < -0.39 is 22.0 Å². The van der Waals surface area contributed by atoms with Crippen molar-refractivity contribution in [2.24, 2.45) is 0 Å². The summed E-state index contributed by atoms with van der Waals surface area (Å²) in [4.78, 5) is 13.1. The van der Waals surface area contributed by atoms with Crippen molar-refractivity contribution >= 4 is 33.2 Å². The zero-order valence-electron chi connectivity index (χ0n) is 20.0. The fourth-order valence-corrected chi connectivity index (χ4v) is 5.09. The largest absolute Gasteiger partial charge is 0.496 e. The predicted molar refractivity (Wildman–Crippen MR) is 131 cm³/mol. The number of hydrogen-bond acceptors (Lipinski definition) is 4. The first-order chi connectivity index (χ1) is 14.8. The second-order valence-electron chi connectivity index (χ2n) is 8.50. The smallest absolute Gasteiger partial charge is 0.244 e. The average molecular weight is 481 g/mol. The molecular weight excluding hydrogens is 448 g/mol. The molecular formula is C24H33ClN2O4S. The molecule has 0 radical (unpaired) electrons. The molecule has 8 heteroatoms. The summed E-state index contributed by atoms with van der Waals surface area (Å²) in [5.41, 5.74) is 4.16. The van der Waals surface area contributed by atoms with Gasteiger partial charge in [0.15, 0.2) is 0 Å². The van der Waals surface area contributed by atoms with Gasteiger partial charge in [0, 0.05) is 5.02 Å². The van der Waals surface area contributed by atoms with Crippen LogP contribution in [0, 0.1) is 13.8 Å². The van der Waals surface area contributed by atoms with Gasteiger partial charge in [0.2, 0.25) is 15.9 Å². The molecule has 0 fully saturated rings. The summed E-state index contributed by atoms with van der Waals surface area (Å²) in [5, 5.41) is 3.41. The number of sulfonamides is 1. The summed E-state index contributed by atoms with van der Waals surface area (Å²) in [6, 6.07) is 7.67. The van der Waals surface area contributed by atoms with Crippen molar-refractivity contribution in [3.05, 3.63) is 57.6 Å². The molecule has 0 aliphatic carbocycles. The second-order valence-corrected chi connectivity index (χ2v) is 10.8. The van der Waals surface area contributed by atoms with Gasteiger partial charge >= 0.3 is 0 Å². The van der Waals surface area contributed by atoms with Gasteiger partial charge in [-0.3, -0.25) is 9.10 Å². The van der Waals surface area contributed by atoms with E-state index in [0.29, 0.717) is 10.7 Å². The molecule has 6 nitrogen and oxygen atoms in total. The van der Waals surface area contributed by atoms with Crippen molar-refractivity contribution in [1.82, 2.24) is 5.32 Å². The van der Waals surface area contributed by atoms with Crippen LogP contribution in [0.5, 0.6) is 5.75 Å². The van der Waals surface area contributed by atoms with E-state index in [1.165, 1.54) is 0 Å². The van der Waals surface area contributed by atoms with Crippen LogP contribution in [0.25, 0.3) is 0 Å².